The second-order valence-corrected chi connectivity index (χ2v) is 7.56. The van der Waals surface area contributed by atoms with Gasteiger partial charge < -0.3 is 5.73 Å². The minimum atomic E-state index is 0.174. The van der Waals surface area contributed by atoms with E-state index >= 15 is 0 Å². The molecule has 2 N–H and O–H groups in total. The van der Waals surface area contributed by atoms with Gasteiger partial charge >= 0.3 is 0 Å². The van der Waals surface area contributed by atoms with E-state index in [1.165, 1.54) is 43.2 Å². The van der Waals surface area contributed by atoms with Crippen LogP contribution in [0.5, 0.6) is 0 Å². The fraction of sp³-hybridized carbons (Fsp3) is 0.684. The van der Waals surface area contributed by atoms with Crippen molar-refractivity contribution in [3.8, 4) is 0 Å². The van der Waals surface area contributed by atoms with E-state index in [-0.39, 0.29) is 11.5 Å². The zero-order valence-electron chi connectivity index (χ0n) is 13.7. The molecule has 1 aliphatic rings. The Bertz CT molecular complexity index is 430. The van der Waals surface area contributed by atoms with E-state index in [1.54, 1.807) is 0 Å². The molecule has 20 heavy (non-hydrogen) atoms. The van der Waals surface area contributed by atoms with E-state index in [0.29, 0.717) is 5.92 Å². The van der Waals surface area contributed by atoms with Crippen LogP contribution in [0.4, 0.5) is 0 Å². The monoisotopic (exact) mass is 273 g/mol. The van der Waals surface area contributed by atoms with Crippen molar-refractivity contribution in [1.82, 2.24) is 0 Å². The summed E-state index contributed by atoms with van der Waals surface area (Å²) < 4.78 is 0. The fourth-order valence-corrected chi connectivity index (χ4v) is 3.75. The highest BCUT2D eigenvalue weighted by Gasteiger charge is 2.29. The van der Waals surface area contributed by atoms with Gasteiger partial charge in [-0.25, -0.2) is 0 Å². The molecular formula is C19H31N. The summed E-state index contributed by atoms with van der Waals surface area (Å²) in [6.07, 6.45) is 6.69. The molecule has 3 atom stereocenters. The van der Waals surface area contributed by atoms with Gasteiger partial charge in [0, 0.05) is 6.04 Å². The number of rotatable bonds is 3. The molecule has 1 fully saturated rings. The quantitative estimate of drug-likeness (QED) is 0.804. The average molecular weight is 273 g/mol. The van der Waals surface area contributed by atoms with Gasteiger partial charge in [0.25, 0.3) is 0 Å². The lowest BCUT2D eigenvalue weighted by Gasteiger charge is -2.35. The Hall–Kier alpha value is -0.820. The first-order valence-electron chi connectivity index (χ1n) is 8.28. The molecule has 0 saturated heterocycles. The normalized spacial score (nSPS) is 25.4. The Morgan fingerprint density at radius 1 is 1.20 bits per heavy atom. The fourth-order valence-electron chi connectivity index (χ4n) is 3.75. The van der Waals surface area contributed by atoms with Crippen molar-refractivity contribution in [2.24, 2.45) is 17.6 Å². The van der Waals surface area contributed by atoms with E-state index < -0.39 is 0 Å². The van der Waals surface area contributed by atoms with Crippen LogP contribution in [0.3, 0.4) is 0 Å². The molecule has 0 amide bonds. The van der Waals surface area contributed by atoms with Crippen molar-refractivity contribution < 1.29 is 0 Å². The highest BCUT2D eigenvalue weighted by molar-refractivity contribution is 5.35. The summed E-state index contributed by atoms with van der Waals surface area (Å²) in [5, 5.41) is 0. The Labute approximate surface area is 125 Å². The summed E-state index contributed by atoms with van der Waals surface area (Å²) in [4.78, 5) is 0. The molecular weight excluding hydrogens is 242 g/mol. The number of hydrogen-bond donors (Lipinski definition) is 1. The zero-order valence-corrected chi connectivity index (χ0v) is 13.7. The summed E-state index contributed by atoms with van der Waals surface area (Å²) in [6.45, 7) is 9.18. The van der Waals surface area contributed by atoms with Gasteiger partial charge in [-0.05, 0) is 41.2 Å². The molecule has 0 aliphatic heterocycles. The second kappa shape index (κ2) is 6.30. The number of nitrogens with two attached hydrogens (primary N) is 1. The van der Waals surface area contributed by atoms with Crippen LogP contribution in [0.15, 0.2) is 24.3 Å². The van der Waals surface area contributed by atoms with Crippen LogP contribution >= 0.6 is 0 Å². The van der Waals surface area contributed by atoms with Gasteiger partial charge in [0.2, 0.25) is 0 Å². The maximum absolute atomic E-state index is 6.68. The lowest BCUT2D eigenvalue weighted by molar-refractivity contribution is 0.229. The molecule has 1 saturated carbocycles. The number of hydrogen-bond acceptors (Lipinski definition) is 1. The van der Waals surface area contributed by atoms with Gasteiger partial charge in [0.05, 0.1) is 0 Å². The molecule has 1 aromatic carbocycles. The van der Waals surface area contributed by atoms with E-state index in [9.17, 15) is 0 Å². The third kappa shape index (κ3) is 3.44. The van der Waals surface area contributed by atoms with E-state index in [0.717, 1.165) is 5.92 Å². The Balaban J connectivity index is 2.23. The minimum Gasteiger partial charge on any atom is -0.324 e. The van der Waals surface area contributed by atoms with Gasteiger partial charge in [0.1, 0.15) is 0 Å². The molecule has 0 spiro atoms. The van der Waals surface area contributed by atoms with Crippen molar-refractivity contribution in [2.45, 2.75) is 71.3 Å². The summed E-state index contributed by atoms with van der Waals surface area (Å²) in [5.74, 6) is 1.55. The van der Waals surface area contributed by atoms with Crippen LogP contribution in [0.25, 0.3) is 0 Å². The van der Waals surface area contributed by atoms with E-state index in [1.807, 2.05) is 0 Å². The Morgan fingerprint density at radius 3 is 2.55 bits per heavy atom. The molecule has 1 aromatic rings. The standard InChI is InChI=1S/C19H31N/c1-5-14-9-8-10-15(13-14)18(20)16-11-6-7-12-17(16)19(2,3)4/h6-7,11-12,14-15,18H,5,8-10,13,20H2,1-4H3. The zero-order chi connectivity index (χ0) is 14.8. The van der Waals surface area contributed by atoms with Crippen LogP contribution in [0.2, 0.25) is 0 Å². The first-order valence-corrected chi connectivity index (χ1v) is 8.28. The molecule has 3 unspecified atom stereocenters. The maximum Gasteiger partial charge on any atom is 0.0326 e. The molecule has 1 nitrogen and oxygen atoms in total. The molecule has 0 radical (unpaired) electrons. The first-order chi connectivity index (χ1) is 9.43. The molecule has 1 heteroatoms. The van der Waals surface area contributed by atoms with E-state index in [2.05, 4.69) is 52.0 Å². The SMILES string of the molecule is CCC1CCCC(C(N)c2ccccc2C(C)(C)C)C1. The largest absolute Gasteiger partial charge is 0.324 e. The van der Waals surface area contributed by atoms with Crippen LogP contribution in [0, 0.1) is 11.8 Å². The van der Waals surface area contributed by atoms with Gasteiger partial charge in [0.15, 0.2) is 0 Å². The smallest absolute Gasteiger partial charge is 0.0326 e. The van der Waals surface area contributed by atoms with Crippen LogP contribution < -0.4 is 5.73 Å². The molecule has 0 aromatic heterocycles. The number of benzene rings is 1. The summed E-state index contributed by atoms with van der Waals surface area (Å²) in [7, 11) is 0. The summed E-state index contributed by atoms with van der Waals surface area (Å²) >= 11 is 0. The highest BCUT2D eigenvalue weighted by Crippen LogP contribution is 2.39. The van der Waals surface area contributed by atoms with Crippen molar-refractivity contribution in [2.75, 3.05) is 0 Å². The van der Waals surface area contributed by atoms with Gasteiger partial charge in [-0.1, -0.05) is 71.2 Å². The lowest BCUT2D eigenvalue weighted by atomic mass is 9.73. The van der Waals surface area contributed by atoms with Crippen LogP contribution in [-0.2, 0) is 5.41 Å². The van der Waals surface area contributed by atoms with Crippen LogP contribution in [0.1, 0.15) is 77.0 Å². The van der Waals surface area contributed by atoms with Crippen molar-refractivity contribution >= 4 is 0 Å². The maximum atomic E-state index is 6.68. The molecule has 0 bridgehead atoms. The topological polar surface area (TPSA) is 26.0 Å². The first kappa shape index (κ1) is 15.6. The lowest BCUT2D eigenvalue weighted by Crippen LogP contribution is -2.29. The third-order valence-corrected chi connectivity index (χ3v) is 5.04. The van der Waals surface area contributed by atoms with E-state index in [4.69, 9.17) is 5.73 Å². The molecule has 112 valence electrons. The molecule has 1 aliphatic carbocycles. The van der Waals surface area contributed by atoms with Gasteiger partial charge in [-0.15, -0.1) is 0 Å². The van der Waals surface area contributed by atoms with Crippen molar-refractivity contribution in [1.29, 1.82) is 0 Å². The Morgan fingerprint density at radius 2 is 1.90 bits per heavy atom. The second-order valence-electron chi connectivity index (χ2n) is 7.56. The predicted molar refractivity (Wildman–Crippen MR) is 87.8 cm³/mol. The van der Waals surface area contributed by atoms with Gasteiger partial charge in [-0.3, -0.25) is 0 Å². The third-order valence-electron chi connectivity index (χ3n) is 5.04. The minimum absolute atomic E-state index is 0.174. The average Bonchev–Trinajstić information content (AvgIpc) is 2.45. The summed E-state index contributed by atoms with van der Waals surface area (Å²) in [6, 6.07) is 9.01. The molecule has 0 heterocycles. The summed E-state index contributed by atoms with van der Waals surface area (Å²) in [5.41, 5.74) is 9.66. The highest BCUT2D eigenvalue weighted by atomic mass is 14.7. The van der Waals surface area contributed by atoms with Crippen LogP contribution in [-0.4, -0.2) is 0 Å². The predicted octanol–water partition coefficient (Wildman–Crippen LogP) is 5.20. The van der Waals surface area contributed by atoms with Crippen molar-refractivity contribution in [3.05, 3.63) is 35.4 Å². The van der Waals surface area contributed by atoms with Crippen molar-refractivity contribution in [3.63, 3.8) is 0 Å². The van der Waals surface area contributed by atoms with Gasteiger partial charge in [-0.2, -0.15) is 0 Å². The molecule has 2 rings (SSSR count). The Kier molecular flexibility index (Phi) is 4.90.